The summed E-state index contributed by atoms with van der Waals surface area (Å²) in [5.74, 6) is -0.549. The van der Waals surface area contributed by atoms with Crippen LogP contribution in [0.1, 0.15) is 61.8 Å². The maximum absolute atomic E-state index is 11.9. The van der Waals surface area contributed by atoms with E-state index in [9.17, 15) is 20.3 Å². The Balaban J connectivity index is 1.42. The molecule has 1 fully saturated rings. The van der Waals surface area contributed by atoms with Gasteiger partial charge in [-0.2, -0.15) is 5.26 Å². The van der Waals surface area contributed by atoms with E-state index in [-0.39, 0.29) is 24.8 Å². The molecule has 1 aliphatic heterocycles. The van der Waals surface area contributed by atoms with Crippen molar-refractivity contribution >= 4 is 34.7 Å². The highest BCUT2D eigenvalue weighted by atomic mass is 35.5. The summed E-state index contributed by atoms with van der Waals surface area (Å²) in [6, 6.07) is 17.0. The number of likely N-dealkylation sites (tertiary alicyclic amines) is 1. The zero-order valence-electron chi connectivity index (χ0n) is 29.6. The Labute approximate surface area is 315 Å². The highest BCUT2D eigenvalue weighted by Crippen LogP contribution is 2.47. The number of aromatic nitrogens is 1. The summed E-state index contributed by atoms with van der Waals surface area (Å²) in [5.41, 5.74) is 0.745. The summed E-state index contributed by atoms with van der Waals surface area (Å²) in [6.07, 6.45) is 13.5. The molecule has 3 N–H and O–H groups in total. The van der Waals surface area contributed by atoms with E-state index in [4.69, 9.17) is 37.4 Å². The van der Waals surface area contributed by atoms with Crippen LogP contribution in [-0.2, 0) is 22.7 Å². The molecule has 276 valence electrons. The van der Waals surface area contributed by atoms with Crippen LogP contribution in [0.3, 0.4) is 0 Å². The molecular formula is C40H46Cl2N4O6. The second kappa shape index (κ2) is 17.7. The van der Waals surface area contributed by atoms with E-state index in [2.05, 4.69) is 21.3 Å². The minimum absolute atomic E-state index is 0.00691. The molecule has 52 heavy (non-hydrogen) atoms. The second-order valence-electron chi connectivity index (χ2n) is 13.6. The van der Waals surface area contributed by atoms with Gasteiger partial charge in [0.15, 0.2) is 0 Å². The molecular weight excluding hydrogens is 703 g/mol. The van der Waals surface area contributed by atoms with Crippen molar-refractivity contribution in [2.24, 2.45) is 0 Å². The largest absolute Gasteiger partial charge is 0.488 e. The normalized spacial score (nSPS) is 21.5. The van der Waals surface area contributed by atoms with Crippen LogP contribution in [0.25, 0.3) is 5.57 Å². The highest BCUT2D eigenvalue weighted by molar-refractivity contribution is 6.32. The van der Waals surface area contributed by atoms with Gasteiger partial charge in [-0.3, -0.25) is 15.1 Å². The summed E-state index contributed by atoms with van der Waals surface area (Å²) >= 11 is 14.4. The summed E-state index contributed by atoms with van der Waals surface area (Å²) in [6.45, 7) is 6.39. The quantitative estimate of drug-likeness (QED) is 0.100. The van der Waals surface area contributed by atoms with Crippen LogP contribution in [0.15, 0.2) is 79.2 Å². The van der Waals surface area contributed by atoms with Gasteiger partial charge in [-0.25, -0.2) is 0 Å². The Hall–Kier alpha value is -3.95. The van der Waals surface area contributed by atoms with Crippen molar-refractivity contribution in [2.45, 2.75) is 68.7 Å². The molecule has 5 rings (SSSR count). The van der Waals surface area contributed by atoms with Crippen LogP contribution in [0, 0.1) is 11.3 Å². The number of nitrogens with one attached hydrogen (secondary N) is 1. The van der Waals surface area contributed by atoms with Gasteiger partial charge < -0.3 is 29.3 Å². The molecule has 0 amide bonds. The smallest absolute Gasteiger partial charge is 0.326 e. The molecule has 0 spiro atoms. The number of pyridine rings is 1. The fourth-order valence-corrected chi connectivity index (χ4v) is 6.97. The third-order valence-corrected chi connectivity index (χ3v) is 10.6. The SMILES string of the molecule is CC(CO)(NCc1cc(Cl)c(OCC2(OCCCN3CCCCC3)C=CC=C(c3ccccc3)C2(C)Cl)cc1OCc1cncc(C#N)c1)C(=O)O. The van der Waals surface area contributed by atoms with E-state index in [0.29, 0.717) is 34.8 Å². The van der Waals surface area contributed by atoms with Gasteiger partial charge in [0, 0.05) is 49.3 Å². The Morgan fingerprint density at radius 3 is 2.60 bits per heavy atom. The lowest BCUT2D eigenvalue weighted by molar-refractivity contribution is -0.145. The zero-order chi connectivity index (χ0) is 37.2. The van der Waals surface area contributed by atoms with Crippen LogP contribution < -0.4 is 14.8 Å². The van der Waals surface area contributed by atoms with Gasteiger partial charge in [0.05, 0.1) is 17.2 Å². The first-order chi connectivity index (χ1) is 25.0. The van der Waals surface area contributed by atoms with E-state index in [1.54, 1.807) is 24.4 Å². The van der Waals surface area contributed by atoms with Crippen molar-refractivity contribution in [1.82, 2.24) is 15.2 Å². The number of halogens is 2. The number of carbonyl (C=O) groups is 1. The topological polar surface area (TPSA) is 137 Å². The number of piperidine rings is 1. The number of carboxylic acid groups (broad SMARTS) is 1. The molecule has 3 atom stereocenters. The fraction of sp³-hybridized carbons (Fsp3) is 0.425. The molecule has 3 unspecified atom stereocenters. The first kappa shape index (κ1) is 39.3. The van der Waals surface area contributed by atoms with Gasteiger partial charge in [0.1, 0.15) is 46.8 Å². The third kappa shape index (κ3) is 9.34. The van der Waals surface area contributed by atoms with Gasteiger partial charge in [-0.05, 0) is 75.5 Å². The van der Waals surface area contributed by atoms with Crippen molar-refractivity contribution in [3.63, 3.8) is 0 Å². The first-order valence-electron chi connectivity index (χ1n) is 17.5. The Kier molecular flexibility index (Phi) is 13.4. The van der Waals surface area contributed by atoms with E-state index in [0.717, 1.165) is 37.2 Å². The Morgan fingerprint density at radius 2 is 1.88 bits per heavy atom. The molecule has 1 saturated heterocycles. The van der Waals surface area contributed by atoms with Gasteiger partial charge in [-0.1, -0.05) is 60.5 Å². The lowest BCUT2D eigenvalue weighted by atomic mass is 9.76. The first-order valence-corrected chi connectivity index (χ1v) is 18.3. The molecule has 0 saturated carbocycles. The van der Waals surface area contributed by atoms with Crippen molar-refractivity contribution in [1.29, 1.82) is 5.26 Å². The lowest BCUT2D eigenvalue weighted by Crippen LogP contribution is -2.55. The number of aliphatic hydroxyl groups excluding tert-OH is 1. The third-order valence-electron chi connectivity index (χ3n) is 9.77. The van der Waals surface area contributed by atoms with E-state index >= 15 is 0 Å². The van der Waals surface area contributed by atoms with Crippen LogP contribution in [0.5, 0.6) is 11.5 Å². The van der Waals surface area contributed by atoms with Crippen LogP contribution in [0.2, 0.25) is 5.02 Å². The number of alkyl halides is 1. The Bertz CT molecular complexity index is 1790. The van der Waals surface area contributed by atoms with E-state index in [1.807, 2.05) is 55.5 Å². The fourth-order valence-electron chi connectivity index (χ4n) is 6.38. The number of ether oxygens (including phenoxy) is 3. The average Bonchev–Trinajstić information content (AvgIpc) is 3.16. The minimum atomic E-state index is -1.61. The maximum Gasteiger partial charge on any atom is 0.326 e. The van der Waals surface area contributed by atoms with Gasteiger partial charge in [-0.15, -0.1) is 11.6 Å². The van der Waals surface area contributed by atoms with Gasteiger partial charge in [0.2, 0.25) is 0 Å². The van der Waals surface area contributed by atoms with Gasteiger partial charge in [0.25, 0.3) is 0 Å². The molecule has 0 bridgehead atoms. The number of nitrogens with zero attached hydrogens (tertiary/aromatic N) is 3. The minimum Gasteiger partial charge on any atom is -0.488 e. The molecule has 0 radical (unpaired) electrons. The number of hydrogen-bond acceptors (Lipinski definition) is 9. The molecule has 3 aromatic rings. The molecule has 10 nitrogen and oxygen atoms in total. The van der Waals surface area contributed by atoms with Crippen LogP contribution >= 0.6 is 23.2 Å². The Morgan fingerprint density at radius 1 is 1.12 bits per heavy atom. The van der Waals surface area contributed by atoms with Crippen LogP contribution in [0.4, 0.5) is 0 Å². The number of allylic oxidation sites excluding steroid dienone is 2. The average molecular weight is 750 g/mol. The van der Waals surface area contributed by atoms with E-state index in [1.165, 1.54) is 32.4 Å². The van der Waals surface area contributed by atoms with Crippen molar-refractivity contribution in [3.05, 3.63) is 106 Å². The summed E-state index contributed by atoms with van der Waals surface area (Å²) in [5, 5.41) is 32.0. The number of hydrogen-bond donors (Lipinski definition) is 3. The molecule has 12 heteroatoms. The molecule has 2 aliphatic rings. The number of carboxylic acids is 1. The van der Waals surface area contributed by atoms with Gasteiger partial charge >= 0.3 is 5.97 Å². The predicted octanol–water partition coefficient (Wildman–Crippen LogP) is 6.77. The van der Waals surface area contributed by atoms with Crippen molar-refractivity contribution in [2.75, 3.05) is 39.5 Å². The molecule has 2 aromatic carbocycles. The number of nitriles is 1. The molecule has 1 aliphatic carbocycles. The summed E-state index contributed by atoms with van der Waals surface area (Å²) in [7, 11) is 0. The monoisotopic (exact) mass is 748 g/mol. The highest BCUT2D eigenvalue weighted by Gasteiger charge is 2.51. The number of aliphatic carboxylic acids is 1. The lowest BCUT2D eigenvalue weighted by Gasteiger charge is -2.45. The second-order valence-corrected chi connectivity index (χ2v) is 14.8. The van der Waals surface area contributed by atoms with Crippen LogP contribution in [-0.4, -0.2) is 81.5 Å². The summed E-state index contributed by atoms with van der Waals surface area (Å²) in [4.78, 5) is 17.4. The standard InChI is InChI=1S/C40H46Cl2N4O6/c1-38(27-47,37(48)49)45-25-32-20-34(41)36(21-35(32)50-26-30-19-29(22-43)23-44-24-30)51-28-40(52-18-10-17-46-15-7-4-8-16-46)14-9-13-33(39(40,2)42)31-11-5-3-6-12-31/h3,5-6,9,11-14,19-21,23-24,45,47H,4,7-8,10,15-18,25-28H2,1-2H3,(H,48,49). The maximum atomic E-state index is 11.9. The predicted molar refractivity (Wildman–Crippen MR) is 202 cm³/mol. The number of aliphatic hydroxyl groups is 1. The number of rotatable bonds is 17. The van der Waals surface area contributed by atoms with Crippen molar-refractivity contribution in [3.8, 4) is 17.6 Å². The molecule has 1 aromatic heterocycles. The zero-order valence-corrected chi connectivity index (χ0v) is 31.1. The summed E-state index contributed by atoms with van der Waals surface area (Å²) < 4.78 is 19.5. The van der Waals surface area contributed by atoms with Crippen molar-refractivity contribution < 1.29 is 29.2 Å². The van der Waals surface area contributed by atoms with E-state index < -0.39 is 28.6 Å². The molecule has 2 heterocycles. The number of benzene rings is 2.